The molecule has 0 aromatic rings. The van der Waals surface area contributed by atoms with Crippen LogP contribution in [0.5, 0.6) is 0 Å². The van der Waals surface area contributed by atoms with E-state index in [0.717, 1.165) is 0 Å². The van der Waals surface area contributed by atoms with Crippen molar-refractivity contribution in [1.29, 1.82) is 0 Å². The molecule has 0 radical (unpaired) electrons. The highest BCUT2D eigenvalue weighted by molar-refractivity contribution is 5.87. The molecule has 0 amide bonds. The summed E-state index contributed by atoms with van der Waals surface area (Å²) < 4.78 is 15.7. The van der Waals surface area contributed by atoms with Crippen LogP contribution in [0.2, 0.25) is 0 Å². The van der Waals surface area contributed by atoms with E-state index in [4.69, 9.17) is 14.2 Å². The maximum atomic E-state index is 11.1. The van der Waals surface area contributed by atoms with Crippen molar-refractivity contribution in [2.24, 2.45) is 0 Å². The van der Waals surface area contributed by atoms with Crippen LogP contribution in [0.3, 0.4) is 0 Å². The van der Waals surface area contributed by atoms with Crippen LogP contribution in [0.4, 0.5) is 0 Å². The fourth-order valence-corrected chi connectivity index (χ4v) is 1.04. The molecule has 0 aromatic carbocycles. The SMILES string of the molecule is C=C(C)C(=O)OC1COC(C)C(C)O1. The van der Waals surface area contributed by atoms with Crippen LogP contribution in [-0.4, -0.2) is 31.1 Å². The van der Waals surface area contributed by atoms with E-state index < -0.39 is 12.3 Å². The molecule has 0 N–H and O–H groups in total. The van der Waals surface area contributed by atoms with Gasteiger partial charge in [0, 0.05) is 5.57 Å². The number of ether oxygens (including phenoxy) is 3. The minimum atomic E-state index is -0.606. The average Bonchev–Trinajstić information content (AvgIpc) is 2.11. The van der Waals surface area contributed by atoms with Crippen LogP contribution >= 0.6 is 0 Å². The first-order chi connectivity index (χ1) is 6.50. The van der Waals surface area contributed by atoms with Gasteiger partial charge in [0.2, 0.25) is 6.29 Å². The van der Waals surface area contributed by atoms with Crippen molar-refractivity contribution in [3.05, 3.63) is 12.2 Å². The van der Waals surface area contributed by atoms with Gasteiger partial charge in [0.25, 0.3) is 0 Å². The Labute approximate surface area is 83.8 Å². The van der Waals surface area contributed by atoms with Crippen LogP contribution in [0.1, 0.15) is 20.8 Å². The van der Waals surface area contributed by atoms with Crippen molar-refractivity contribution in [1.82, 2.24) is 0 Å². The zero-order valence-electron chi connectivity index (χ0n) is 8.78. The van der Waals surface area contributed by atoms with E-state index in [9.17, 15) is 4.79 Å². The summed E-state index contributed by atoms with van der Waals surface area (Å²) >= 11 is 0. The van der Waals surface area contributed by atoms with Crippen LogP contribution < -0.4 is 0 Å². The molecule has 0 saturated carbocycles. The van der Waals surface area contributed by atoms with Gasteiger partial charge < -0.3 is 14.2 Å². The Morgan fingerprint density at radius 1 is 1.43 bits per heavy atom. The molecule has 3 unspecified atom stereocenters. The number of hydrogen-bond donors (Lipinski definition) is 0. The van der Waals surface area contributed by atoms with Crippen LogP contribution in [0, 0.1) is 0 Å². The number of esters is 1. The van der Waals surface area contributed by atoms with Crippen molar-refractivity contribution in [3.8, 4) is 0 Å². The Morgan fingerprint density at radius 2 is 2.07 bits per heavy atom. The van der Waals surface area contributed by atoms with E-state index >= 15 is 0 Å². The molecule has 1 heterocycles. The van der Waals surface area contributed by atoms with Crippen LogP contribution in [0.25, 0.3) is 0 Å². The minimum absolute atomic E-state index is 0.0368. The molecule has 3 atom stereocenters. The van der Waals surface area contributed by atoms with Crippen LogP contribution in [-0.2, 0) is 19.0 Å². The summed E-state index contributed by atoms with van der Waals surface area (Å²) in [6, 6.07) is 0. The lowest BCUT2D eigenvalue weighted by atomic mass is 10.2. The second kappa shape index (κ2) is 4.57. The molecule has 1 aliphatic heterocycles. The van der Waals surface area contributed by atoms with Crippen molar-refractivity contribution >= 4 is 5.97 Å². The summed E-state index contributed by atoms with van der Waals surface area (Å²) in [6.07, 6.45) is -0.633. The lowest BCUT2D eigenvalue weighted by molar-refractivity contribution is -0.250. The zero-order chi connectivity index (χ0) is 10.7. The quantitative estimate of drug-likeness (QED) is 0.497. The summed E-state index contributed by atoms with van der Waals surface area (Å²) in [5.41, 5.74) is 0.361. The van der Waals surface area contributed by atoms with Gasteiger partial charge >= 0.3 is 5.97 Å². The van der Waals surface area contributed by atoms with Crippen molar-refractivity contribution < 1.29 is 19.0 Å². The first kappa shape index (κ1) is 11.2. The van der Waals surface area contributed by atoms with E-state index in [1.54, 1.807) is 6.92 Å². The second-order valence-electron chi connectivity index (χ2n) is 3.49. The average molecular weight is 200 g/mol. The number of carbonyl (C=O) groups is 1. The van der Waals surface area contributed by atoms with Gasteiger partial charge in [-0.25, -0.2) is 4.79 Å². The van der Waals surface area contributed by atoms with E-state index in [1.165, 1.54) is 0 Å². The topological polar surface area (TPSA) is 44.8 Å². The van der Waals surface area contributed by atoms with Gasteiger partial charge in [0.05, 0.1) is 12.2 Å². The summed E-state index contributed by atoms with van der Waals surface area (Å²) in [7, 11) is 0. The Kier molecular flexibility index (Phi) is 3.66. The normalized spacial score (nSPS) is 32.4. The molecule has 1 saturated heterocycles. The molecule has 4 heteroatoms. The fraction of sp³-hybridized carbons (Fsp3) is 0.700. The van der Waals surface area contributed by atoms with Gasteiger partial charge in [-0.2, -0.15) is 0 Å². The Balaban J connectivity index is 2.40. The maximum absolute atomic E-state index is 11.1. The molecule has 14 heavy (non-hydrogen) atoms. The monoisotopic (exact) mass is 200 g/mol. The fourth-order valence-electron chi connectivity index (χ4n) is 1.04. The molecule has 0 spiro atoms. The molecule has 80 valence electrons. The third-order valence-electron chi connectivity index (χ3n) is 2.11. The maximum Gasteiger partial charge on any atom is 0.335 e. The Morgan fingerprint density at radius 3 is 2.57 bits per heavy atom. The second-order valence-corrected chi connectivity index (χ2v) is 3.49. The molecule has 0 aliphatic carbocycles. The zero-order valence-corrected chi connectivity index (χ0v) is 8.78. The summed E-state index contributed by atoms with van der Waals surface area (Å²) in [5.74, 6) is -0.444. The van der Waals surface area contributed by atoms with Crippen molar-refractivity contribution in [3.63, 3.8) is 0 Å². The predicted molar refractivity (Wildman–Crippen MR) is 50.7 cm³/mol. The van der Waals surface area contributed by atoms with Crippen LogP contribution in [0.15, 0.2) is 12.2 Å². The van der Waals surface area contributed by atoms with Gasteiger partial charge in [0.15, 0.2) is 0 Å². The van der Waals surface area contributed by atoms with Crippen molar-refractivity contribution in [2.75, 3.05) is 6.61 Å². The molecule has 1 aliphatic rings. The molecular weight excluding hydrogens is 184 g/mol. The first-order valence-electron chi connectivity index (χ1n) is 4.64. The molecule has 4 nitrogen and oxygen atoms in total. The van der Waals surface area contributed by atoms with E-state index in [2.05, 4.69) is 6.58 Å². The van der Waals surface area contributed by atoms with E-state index in [0.29, 0.717) is 5.57 Å². The van der Waals surface area contributed by atoms with Crippen molar-refractivity contribution in [2.45, 2.75) is 39.3 Å². The molecule has 0 bridgehead atoms. The first-order valence-corrected chi connectivity index (χ1v) is 4.64. The third-order valence-corrected chi connectivity index (χ3v) is 2.11. The summed E-state index contributed by atoms with van der Waals surface area (Å²) in [6.45, 7) is 9.16. The molecule has 1 fully saturated rings. The van der Waals surface area contributed by atoms with Gasteiger partial charge in [0.1, 0.15) is 6.61 Å². The number of rotatable bonds is 2. The highest BCUT2D eigenvalue weighted by atomic mass is 16.7. The summed E-state index contributed by atoms with van der Waals surface area (Å²) in [4.78, 5) is 11.1. The smallest absolute Gasteiger partial charge is 0.335 e. The molecular formula is C10H16O4. The standard InChI is InChI=1S/C10H16O4/c1-6(2)10(11)14-9-5-12-7(3)8(4)13-9/h7-9H,1,5H2,2-4H3. The van der Waals surface area contributed by atoms with Gasteiger partial charge in [-0.15, -0.1) is 0 Å². The Bertz CT molecular complexity index is 236. The largest absolute Gasteiger partial charge is 0.430 e. The van der Waals surface area contributed by atoms with Gasteiger partial charge in [-0.05, 0) is 20.8 Å². The van der Waals surface area contributed by atoms with Gasteiger partial charge in [-0.1, -0.05) is 6.58 Å². The Hall–Kier alpha value is -0.870. The third kappa shape index (κ3) is 2.82. The summed E-state index contributed by atoms with van der Waals surface area (Å²) in [5, 5.41) is 0. The highest BCUT2D eigenvalue weighted by Gasteiger charge is 2.28. The molecule has 0 aromatic heterocycles. The number of carbonyl (C=O) groups excluding carboxylic acids is 1. The van der Waals surface area contributed by atoms with Gasteiger partial charge in [-0.3, -0.25) is 0 Å². The minimum Gasteiger partial charge on any atom is -0.430 e. The van der Waals surface area contributed by atoms with E-state index in [-0.39, 0.29) is 18.8 Å². The van der Waals surface area contributed by atoms with E-state index in [1.807, 2.05) is 13.8 Å². The number of hydrogen-bond acceptors (Lipinski definition) is 4. The molecule has 1 rings (SSSR count). The lowest BCUT2D eigenvalue weighted by Gasteiger charge is -2.32. The highest BCUT2D eigenvalue weighted by Crippen LogP contribution is 2.15. The lowest BCUT2D eigenvalue weighted by Crippen LogP contribution is -2.42. The predicted octanol–water partition coefficient (Wildman–Crippen LogP) is 1.26.